The van der Waals surface area contributed by atoms with Crippen molar-refractivity contribution < 1.29 is 17.2 Å². The second kappa shape index (κ2) is 6.41. The largest absolute Gasteiger partial charge is 0.243 e. The van der Waals surface area contributed by atoms with E-state index < -0.39 is 26.2 Å². The molecule has 0 aliphatic heterocycles. The van der Waals surface area contributed by atoms with Crippen LogP contribution in [0.4, 0.5) is 8.78 Å². The van der Waals surface area contributed by atoms with E-state index in [0.717, 1.165) is 18.6 Å². The van der Waals surface area contributed by atoms with Crippen LogP contribution in [-0.4, -0.2) is 13.4 Å². The lowest BCUT2D eigenvalue weighted by atomic mass is 9.83. The topological polar surface area (TPSA) is 47.0 Å². The fraction of sp³-hybridized carbons (Fsp3) is 0.353. The molecule has 0 amide bonds. The molecular weight excluding hydrogens is 356 g/mol. The van der Waals surface area contributed by atoms with Crippen molar-refractivity contribution in [2.75, 3.05) is 0 Å². The number of benzene rings is 1. The molecule has 0 spiro atoms. The van der Waals surface area contributed by atoms with Gasteiger partial charge in [-0.2, -0.15) is 0 Å². The van der Waals surface area contributed by atoms with Crippen molar-refractivity contribution in [3.05, 3.63) is 58.7 Å². The zero-order chi connectivity index (χ0) is 17.4. The molecule has 1 fully saturated rings. The van der Waals surface area contributed by atoms with Crippen LogP contribution in [0.1, 0.15) is 37.7 Å². The third-order valence-electron chi connectivity index (χ3n) is 4.57. The second-order valence-electron chi connectivity index (χ2n) is 6.00. The first-order chi connectivity index (χ1) is 11.4. The Labute approximate surface area is 144 Å². The molecule has 1 aromatic carbocycles. The van der Waals surface area contributed by atoms with Crippen LogP contribution >= 0.6 is 11.6 Å². The van der Waals surface area contributed by atoms with Crippen molar-refractivity contribution in [2.24, 2.45) is 0 Å². The van der Waals surface area contributed by atoms with E-state index in [2.05, 4.69) is 4.98 Å². The summed E-state index contributed by atoms with van der Waals surface area (Å²) in [6, 6.07) is 5.84. The minimum absolute atomic E-state index is 0.0142. The molecule has 1 saturated carbocycles. The molecule has 1 heterocycles. The number of rotatable bonds is 3. The highest BCUT2D eigenvalue weighted by molar-refractivity contribution is 7.92. The molecule has 0 unspecified atom stereocenters. The quantitative estimate of drug-likeness (QED) is 0.789. The summed E-state index contributed by atoms with van der Waals surface area (Å²) < 4.78 is 52.9. The first-order valence-corrected chi connectivity index (χ1v) is 9.55. The molecule has 1 aliphatic rings. The molecule has 1 aliphatic carbocycles. The summed E-state index contributed by atoms with van der Waals surface area (Å²) >= 11 is 5.78. The molecule has 24 heavy (non-hydrogen) atoms. The van der Waals surface area contributed by atoms with Crippen molar-refractivity contribution in [3.63, 3.8) is 0 Å². The van der Waals surface area contributed by atoms with Crippen LogP contribution < -0.4 is 0 Å². The van der Waals surface area contributed by atoms with Gasteiger partial charge in [-0.1, -0.05) is 36.9 Å². The normalized spacial score (nSPS) is 17.6. The highest BCUT2D eigenvalue weighted by Gasteiger charge is 2.49. The van der Waals surface area contributed by atoms with Gasteiger partial charge in [0.05, 0.1) is 5.02 Å². The van der Waals surface area contributed by atoms with E-state index in [0.29, 0.717) is 17.9 Å². The van der Waals surface area contributed by atoms with Crippen molar-refractivity contribution >= 4 is 21.4 Å². The zero-order valence-corrected chi connectivity index (χ0v) is 14.4. The van der Waals surface area contributed by atoms with Crippen LogP contribution in [0.5, 0.6) is 0 Å². The van der Waals surface area contributed by atoms with Gasteiger partial charge in [0.25, 0.3) is 0 Å². The van der Waals surface area contributed by atoms with Crippen LogP contribution in [0.15, 0.2) is 41.6 Å². The van der Waals surface area contributed by atoms with E-state index >= 15 is 0 Å². The molecular formula is C17H16ClF2NO2S. The first kappa shape index (κ1) is 17.3. The smallest absolute Gasteiger partial charge is 0.205 e. The monoisotopic (exact) mass is 371 g/mol. The van der Waals surface area contributed by atoms with Crippen molar-refractivity contribution in [1.29, 1.82) is 0 Å². The Kier molecular flexibility index (Phi) is 4.62. The van der Waals surface area contributed by atoms with Gasteiger partial charge in [0.2, 0.25) is 9.84 Å². The number of hydrogen-bond acceptors (Lipinski definition) is 3. The maximum Gasteiger partial charge on any atom is 0.205 e. The molecule has 0 saturated heterocycles. The molecule has 7 heteroatoms. The number of pyridine rings is 1. The molecule has 0 N–H and O–H groups in total. The van der Waals surface area contributed by atoms with Gasteiger partial charge in [-0.3, -0.25) is 0 Å². The zero-order valence-electron chi connectivity index (χ0n) is 12.8. The van der Waals surface area contributed by atoms with Gasteiger partial charge >= 0.3 is 0 Å². The Morgan fingerprint density at radius 3 is 2.33 bits per heavy atom. The number of halogens is 3. The Morgan fingerprint density at radius 2 is 1.75 bits per heavy atom. The summed E-state index contributed by atoms with van der Waals surface area (Å²) in [6.45, 7) is 0. The van der Waals surface area contributed by atoms with Crippen LogP contribution in [0.3, 0.4) is 0 Å². The molecule has 128 valence electrons. The highest BCUT2D eigenvalue weighted by Crippen LogP contribution is 2.47. The van der Waals surface area contributed by atoms with Gasteiger partial charge in [-0.25, -0.2) is 22.2 Å². The lowest BCUT2D eigenvalue weighted by Gasteiger charge is -2.37. The van der Waals surface area contributed by atoms with Gasteiger partial charge in [0.15, 0.2) is 5.03 Å². The molecule has 2 aromatic rings. The first-order valence-electron chi connectivity index (χ1n) is 7.68. The van der Waals surface area contributed by atoms with E-state index in [-0.39, 0.29) is 23.4 Å². The Morgan fingerprint density at radius 1 is 1.04 bits per heavy atom. The van der Waals surface area contributed by atoms with Crippen LogP contribution in [0, 0.1) is 11.6 Å². The van der Waals surface area contributed by atoms with Gasteiger partial charge in [0, 0.05) is 17.8 Å². The molecule has 0 radical (unpaired) electrons. The van der Waals surface area contributed by atoms with Crippen LogP contribution in [0.25, 0.3) is 0 Å². The van der Waals surface area contributed by atoms with Gasteiger partial charge in [-0.15, -0.1) is 0 Å². The third kappa shape index (κ3) is 2.82. The number of sulfone groups is 1. The Balaban J connectivity index is 2.20. The summed E-state index contributed by atoms with van der Waals surface area (Å²) in [5.41, 5.74) is 0.0142. The van der Waals surface area contributed by atoms with Gasteiger partial charge in [-0.05, 0) is 31.0 Å². The molecule has 3 rings (SSSR count). The highest BCUT2D eigenvalue weighted by atomic mass is 35.5. The van der Waals surface area contributed by atoms with Crippen molar-refractivity contribution in [1.82, 2.24) is 4.98 Å². The maximum absolute atomic E-state index is 14.4. The Hall–Kier alpha value is -1.53. The second-order valence-corrected chi connectivity index (χ2v) is 8.64. The molecule has 0 bridgehead atoms. The van der Waals surface area contributed by atoms with Gasteiger partial charge in [0.1, 0.15) is 16.4 Å². The molecule has 1 aromatic heterocycles. The summed E-state index contributed by atoms with van der Waals surface area (Å²) in [6.07, 6.45) is 4.01. The van der Waals surface area contributed by atoms with E-state index in [1.165, 1.54) is 24.4 Å². The summed E-state index contributed by atoms with van der Waals surface area (Å²) in [7, 11) is -3.96. The fourth-order valence-electron chi connectivity index (χ4n) is 3.39. The molecule has 0 atom stereocenters. The van der Waals surface area contributed by atoms with E-state index in [9.17, 15) is 17.2 Å². The van der Waals surface area contributed by atoms with Crippen LogP contribution in [-0.2, 0) is 14.6 Å². The summed E-state index contributed by atoms with van der Waals surface area (Å²) in [4.78, 5) is 3.93. The summed E-state index contributed by atoms with van der Waals surface area (Å²) in [5.74, 6) is -1.57. The predicted molar refractivity (Wildman–Crippen MR) is 87.6 cm³/mol. The average Bonchev–Trinajstić information content (AvgIpc) is 2.55. The van der Waals surface area contributed by atoms with Crippen LogP contribution in [0.2, 0.25) is 5.02 Å². The minimum atomic E-state index is -3.96. The van der Waals surface area contributed by atoms with E-state index in [1.54, 1.807) is 0 Å². The third-order valence-corrected chi connectivity index (χ3v) is 7.25. The predicted octanol–water partition coefficient (Wildman–Crippen LogP) is 4.65. The fourth-order valence-corrected chi connectivity index (χ4v) is 5.62. The summed E-state index contributed by atoms with van der Waals surface area (Å²) in [5, 5.41) is 0.178. The SMILES string of the molecule is O=S(=O)(c1ccc(Cl)cn1)C1(c2ccc(F)cc2F)CCCCC1. The maximum atomic E-state index is 14.4. The number of hydrogen-bond donors (Lipinski definition) is 0. The van der Waals surface area contributed by atoms with E-state index in [1.807, 2.05) is 0 Å². The average molecular weight is 372 g/mol. The van der Waals surface area contributed by atoms with Crippen molar-refractivity contribution in [2.45, 2.75) is 41.9 Å². The standard InChI is InChI=1S/C17H16ClF2NO2S/c18-12-4-7-16(21-11-12)24(22,23)17(8-2-1-3-9-17)14-6-5-13(19)10-15(14)20/h4-7,10-11H,1-3,8-9H2. The van der Waals surface area contributed by atoms with Crippen molar-refractivity contribution in [3.8, 4) is 0 Å². The number of aromatic nitrogens is 1. The number of nitrogens with zero attached hydrogens (tertiary/aromatic N) is 1. The van der Waals surface area contributed by atoms with Gasteiger partial charge < -0.3 is 0 Å². The molecule has 3 nitrogen and oxygen atoms in total. The minimum Gasteiger partial charge on any atom is -0.243 e. The van der Waals surface area contributed by atoms with E-state index in [4.69, 9.17) is 11.6 Å². The lowest BCUT2D eigenvalue weighted by molar-refractivity contribution is 0.367. The lowest BCUT2D eigenvalue weighted by Crippen LogP contribution is -2.39. The Bertz CT molecular complexity index is 847.